The third kappa shape index (κ3) is 6.46. The summed E-state index contributed by atoms with van der Waals surface area (Å²) in [7, 11) is 1.70. The van der Waals surface area contributed by atoms with Gasteiger partial charge in [0.1, 0.15) is 5.60 Å². The van der Waals surface area contributed by atoms with Gasteiger partial charge in [-0.2, -0.15) is 0 Å². The van der Waals surface area contributed by atoms with Gasteiger partial charge < -0.3 is 9.64 Å². The average Bonchev–Trinajstić information content (AvgIpc) is 2.92. The van der Waals surface area contributed by atoms with Crippen molar-refractivity contribution >= 4 is 17.9 Å². The van der Waals surface area contributed by atoms with E-state index in [9.17, 15) is 14.4 Å². The Morgan fingerprint density at radius 2 is 1.83 bits per heavy atom. The molecule has 7 heteroatoms. The van der Waals surface area contributed by atoms with Crippen LogP contribution in [-0.2, 0) is 14.3 Å². The van der Waals surface area contributed by atoms with Gasteiger partial charge in [-0.1, -0.05) is 6.92 Å². The summed E-state index contributed by atoms with van der Waals surface area (Å²) < 4.78 is 5.34. The zero-order valence-corrected chi connectivity index (χ0v) is 14.8. The second-order valence-electron chi connectivity index (χ2n) is 7.04. The van der Waals surface area contributed by atoms with Gasteiger partial charge in [0, 0.05) is 25.4 Å². The second-order valence-corrected chi connectivity index (χ2v) is 7.04. The lowest BCUT2D eigenvalue weighted by Gasteiger charge is -2.28. The highest BCUT2D eigenvalue weighted by molar-refractivity contribution is 5.83. The van der Waals surface area contributed by atoms with Gasteiger partial charge in [-0.25, -0.2) is 4.79 Å². The molecule has 132 valence electrons. The van der Waals surface area contributed by atoms with E-state index in [1.807, 2.05) is 27.7 Å². The Morgan fingerprint density at radius 1 is 1.17 bits per heavy atom. The molecule has 0 aliphatic heterocycles. The van der Waals surface area contributed by atoms with Crippen LogP contribution in [0.5, 0.6) is 0 Å². The summed E-state index contributed by atoms with van der Waals surface area (Å²) >= 11 is 0. The van der Waals surface area contributed by atoms with Gasteiger partial charge in [0.05, 0.1) is 0 Å². The fraction of sp³-hybridized carbons (Fsp3) is 0.812. The zero-order chi connectivity index (χ0) is 17.6. The Kier molecular flexibility index (Phi) is 6.84. The molecule has 0 heterocycles. The van der Waals surface area contributed by atoms with Gasteiger partial charge in [0.15, 0.2) is 0 Å². The van der Waals surface area contributed by atoms with Crippen LogP contribution in [0.2, 0.25) is 0 Å². The largest absolute Gasteiger partial charge is 0.444 e. The number of nitrogens with one attached hydrogen (secondary N) is 2. The molecular formula is C16H29N3O4. The van der Waals surface area contributed by atoms with Crippen LogP contribution < -0.4 is 10.9 Å². The molecule has 1 aliphatic carbocycles. The number of ether oxygens (including phenoxy) is 1. The van der Waals surface area contributed by atoms with E-state index in [0.29, 0.717) is 19.3 Å². The second kappa shape index (κ2) is 8.17. The Bertz CT molecular complexity index is 445. The first-order valence-corrected chi connectivity index (χ1v) is 8.18. The highest BCUT2D eigenvalue weighted by Crippen LogP contribution is 2.29. The number of hydrazine groups is 1. The molecule has 1 rings (SSSR count). The van der Waals surface area contributed by atoms with Crippen molar-refractivity contribution in [2.45, 2.75) is 71.4 Å². The van der Waals surface area contributed by atoms with Crippen molar-refractivity contribution in [2.75, 3.05) is 7.05 Å². The quantitative estimate of drug-likeness (QED) is 0.773. The Morgan fingerprint density at radius 3 is 2.39 bits per heavy atom. The molecule has 7 nitrogen and oxygen atoms in total. The van der Waals surface area contributed by atoms with Gasteiger partial charge in [-0.15, -0.1) is 0 Å². The SMILES string of the molecule is CCCC(=O)NNC(=O)[C@H]1CC[C@@H](N(C)C(=O)OC(C)(C)C)C1. The lowest BCUT2D eigenvalue weighted by atomic mass is 10.1. The van der Waals surface area contributed by atoms with Gasteiger partial charge in [0.2, 0.25) is 11.8 Å². The topological polar surface area (TPSA) is 87.7 Å². The minimum Gasteiger partial charge on any atom is -0.444 e. The number of hydrogen-bond donors (Lipinski definition) is 2. The molecule has 0 saturated heterocycles. The molecule has 2 N–H and O–H groups in total. The van der Waals surface area contributed by atoms with E-state index in [1.54, 1.807) is 11.9 Å². The van der Waals surface area contributed by atoms with Crippen LogP contribution in [-0.4, -0.2) is 41.5 Å². The maximum atomic E-state index is 12.1. The van der Waals surface area contributed by atoms with E-state index in [4.69, 9.17) is 4.74 Å². The normalized spacial score (nSPS) is 20.7. The summed E-state index contributed by atoms with van der Waals surface area (Å²) in [5.41, 5.74) is 4.34. The number of amides is 3. The van der Waals surface area contributed by atoms with Crippen molar-refractivity contribution in [3.05, 3.63) is 0 Å². The summed E-state index contributed by atoms with van der Waals surface area (Å²) in [5.74, 6) is -0.595. The molecule has 1 aliphatic rings. The van der Waals surface area contributed by atoms with E-state index in [-0.39, 0.29) is 29.9 Å². The van der Waals surface area contributed by atoms with Gasteiger partial charge in [0.25, 0.3) is 0 Å². The molecule has 0 unspecified atom stereocenters. The zero-order valence-electron chi connectivity index (χ0n) is 14.8. The van der Waals surface area contributed by atoms with Crippen LogP contribution in [0.3, 0.4) is 0 Å². The molecule has 0 aromatic heterocycles. The summed E-state index contributed by atoms with van der Waals surface area (Å²) in [4.78, 5) is 37.0. The van der Waals surface area contributed by atoms with Gasteiger partial charge >= 0.3 is 6.09 Å². The minimum absolute atomic E-state index is 0.0213. The number of hydrogen-bond acceptors (Lipinski definition) is 4. The van der Waals surface area contributed by atoms with Crippen molar-refractivity contribution in [3.63, 3.8) is 0 Å². The molecule has 1 fully saturated rings. The van der Waals surface area contributed by atoms with Gasteiger partial charge in [-0.05, 0) is 46.5 Å². The van der Waals surface area contributed by atoms with Gasteiger partial charge in [-0.3, -0.25) is 20.4 Å². The maximum Gasteiger partial charge on any atom is 0.410 e. The van der Waals surface area contributed by atoms with E-state index >= 15 is 0 Å². The fourth-order valence-corrected chi connectivity index (χ4v) is 2.55. The summed E-state index contributed by atoms with van der Waals surface area (Å²) in [6, 6.07) is -0.0213. The smallest absolute Gasteiger partial charge is 0.410 e. The van der Waals surface area contributed by atoms with E-state index in [0.717, 1.165) is 12.8 Å². The number of nitrogens with zero attached hydrogens (tertiary/aromatic N) is 1. The third-order valence-electron chi connectivity index (χ3n) is 3.81. The predicted octanol–water partition coefficient (Wildman–Crippen LogP) is 1.97. The van der Waals surface area contributed by atoms with Crippen molar-refractivity contribution < 1.29 is 19.1 Å². The molecule has 0 radical (unpaired) electrons. The standard InChI is InChI=1S/C16H29N3O4/c1-6-7-13(20)17-18-14(21)11-8-9-12(10-11)19(5)15(22)23-16(2,3)4/h11-12H,6-10H2,1-5H3,(H,17,20)(H,18,21)/t11-,12+/m0/s1. The highest BCUT2D eigenvalue weighted by atomic mass is 16.6. The van der Waals surface area contributed by atoms with Crippen LogP contribution in [0.15, 0.2) is 0 Å². The van der Waals surface area contributed by atoms with Crippen LogP contribution in [0, 0.1) is 5.92 Å². The average molecular weight is 327 g/mol. The molecule has 3 amide bonds. The van der Waals surface area contributed by atoms with Crippen LogP contribution in [0.1, 0.15) is 59.8 Å². The summed E-state index contributed by atoms with van der Waals surface area (Å²) in [6.07, 6.45) is 2.75. The molecule has 23 heavy (non-hydrogen) atoms. The molecule has 0 spiro atoms. The molecular weight excluding hydrogens is 298 g/mol. The van der Waals surface area contributed by atoms with Crippen molar-refractivity contribution in [3.8, 4) is 0 Å². The first-order chi connectivity index (χ1) is 10.6. The lowest BCUT2D eigenvalue weighted by Crippen LogP contribution is -2.44. The molecule has 2 atom stereocenters. The number of carbonyl (C=O) groups is 3. The van der Waals surface area contributed by atoms with Crippen LogP contribution in [0.25, 0.3) is 0 Å². The Balaban J connectivity index is 2.43. The Labute approximate surface area is 138 Å². The Hall–Kier alpha value is -1.79. The number of rotatable bonds is 4. The molecule has 0 bridgehead atoms. The maximum absolute atomic E-state index is 12.1. The molecule has 1 saturated carbocycles. The monoisotopic (exact) mass is 327 g/mol. The lowest BCUT2D eigenvalue weighted by molar-refractivity contribution is -0.131. The van der Waals surface area contributed by atoms with Crippen molar-refractivity contribution in [2.24, 2.45) is 5.92 Å². The predicted molar refractivity (Wildman–Crippen MR) is 86.3 cm³/mol. The van der Waals surface area contributed by atoms with Crippen LogP contribution in [0.4, 0.5) is 4.79 Å². The van der Waals surface area contributed by atoms with Crippen molar-refractivity contribution in [1.29, 1.82) is 0 Å². The first kappa shape index (κ1) is 19.3. The van der Waals surface area contributed by atoms with E-state index in [2.05, 4.69) is 10.9 Å². The summed E-state index contributed by atoms with van der Waals surface area (Å²) in [5, 5.41) is 0. The highest BCUT2D eigenvalue weighted by Gasteiger charge is 2.35. The van der Waals surface area contributed by atoms with E-state index < -0.39 is 5.60 Å². The molecule has 0 aromatic carbocycles. The first-order valence-electron chi connectivity index (χ1n) is 8.18. The third-order valence-corrected chi connectivity index (χ3v) is 3.81. The van der Waals surface area contributed by atoms with Crippen LogP contribution >= 0.6 is 0 Å². The molecule has 0 aromatic rings. The number of carbonyl (C=O) groups excluding carboxylic acids is 3. The summed E-state index contributed by atoms with van der Waals surface area (Å²) in [6.45, 7) is 7.36. The van der Waals surface area contributed by atoms with E-state index in [1.165, 1.54) is 0 Å². The van der Waals surface area contributed by atoms with Crippen molar-refractivity contribution in [1.82, 2.24) is 15.8 Å². The minimum atomic E-state index is -0.537. The fourth-order valence-electron chi connectivity index (χ4n) is 2.55.